The molecular formula is C18H21NO3. The van der Waals surface area contributed by atoms with Crippen molar-refractivity contribution in [3.8, 4) is 11.3 Å². The summed E-state index contributed by atoms with van der Waals surface area (Å²) in [6.45, 7) is 5.57. The molecule has 0 saturated carbocycles. The Kier molecular flexibility index (Phi) is 5.15. The zero-order valence-corrected chi connectivity index (χ0v) is 13.3. The molecular weight excluding hydrogens is 278 g/mol. The van der Waals surface area contributed by atoms with Crippen LogP contribution in [0.15, 0.2) is 36.4 Å². The minimum Gasteiger partial charge on any atom is -0.461 e. The van der Waals surface area contributed by atoms with Gasteiger partial charge in [-0.2, -0.15) is 0 Å². The van der Waals surface area contributed by atoms with Crippen LogP contribution in [0.1, 0.15) is 48.0 Å². The van der Waals surface area contributed by atoms with Gasteiger partial charge in [0.05, 0.1) is 12.3 Å². The first-order valence-corrected chi connectivity index (χ1v) is 7.58. The molecule has 1 heterocycles. The molecule has 0 N–H and O–H groups in total. The summed E-state index contributed by atoms with van der Waals surface area (Å²) in [7, 11) is 0. The quantitative estimate of drug-likeness (QED) is 0.786. The molecule has 0 spiro atoms. The van der Waals surface area contributed by atoms with Crippen LogP contribution in [0.2, 0.25) is 0 Å². The lowest BCUT2D eigenvalue weighted by atomic mass is 10.0. The number of aromatic nitrogens is 1. The molecule has 0 aliphatic heterocycles. The summed E-state index contributed by atoms with van der Waals surface area (Å²) in [4.78, 5) is 24.3. The lowest BCUT2D eigenvalue weighted by Crippen LogP contribution is -2.17. The molecule has 0 radical (unpaired) electrons. The maximum Gasteiger partial charge on any atom is 0.355 e. The molecule has 4 nitrogen and oxygen atoms in total. The largest absolute Gasteiger partial charge is 0.461 e. The van der Waals surface area contributed by atoms with Crippen LogP contribution in [0.4, 0.5) is 0 Å². The Morgan fingerprint density at radius 2 is 1.82 bits per heavy atom. The number of hydrogen-bond acceptors (Lipinski definition) is 3. The summed E-state index contributed by atoms with van der Waals surface area (Å²) in [5.41, 5.74) is 3.01. The molecule has 0 saturated heterocycles. The predicted octanol–water partition coefficient (Wildman–Crippen LogP) is 3.94. The van der Waals surface area contributed by atoms with Gasteiger partial charge >= 0.3 is 5.97 Å². The van der Waals surface area contributed by atoms with E-state index in [2.05, 4.69) is 6.92 Å². The van der Waals surface area contributed by atoms with Gasteiger partial charge in [-0.25, -0.2) is 4.79 Å². The van der Waals surface area contributed by atoms with Crippen molar-refractivity contribution in [1.82, 2.24) is 4.57 Å². The second-order valence-electron chi connectivity index (χ2n) is 5.09. The van der Waals surface area contributed by atoms with E-state index in [1.54, 1.807) is 13.0 Å². The third kappa shape index (κ3) is 3.11. The monoisotopic (exact) mass is 299 g/mol. The highest BCUT2D eigenvalue weighted by atomic mass is 16.5. The first-order chi connectivity index (χ1) is 10.6. The summed E-state index contributed by atoms with van der Waals surface area (Å²) in [5, 5.41) is 0. The molecule has 2 aromatic rings. The predicted molar refractivity (Wildman–Crippen MR) is 86.1 cm³/mol. The normalized spacial score (nSPS) is 10.5. The van der Waals surface area contributed by atoms with Crippen molar-refractivity contribution in [1.29, 1.82) is 0 Å². The average molecular weight is 299 g/mol. The van der Waals surface area contributed by atoms with Gasteiger partial charge in [-0.15, -0.1) is 0 Å². The van der Waals surface area contributed by atoms with E-state index in [-0.39, 0.29) is 12.5 Å². The molecule has 116 valence electrons. The Balaban J connectivity index is 2.68. The lowest BCUT2D eigenvalue weighted by molar-refractivity contribution is 0.0509. The number of carbonyl (C=O) groups is 2. The number of carbonyl (C=O) groups excluding carboxylic acids is 2. The van der Waals surface area contributed by atoms with Gasteiger partial charge in [0.25, 0.3) is 0 Å². The standard InChI is InChI=1S/C18H21NO3/c1-4-9-15-12-16(18(21)22-5-2)19(13(3)20)17(15)14-10-7-6-8-11-14/h6-8,10-12H,4-5,9H2,1-3H3. The van der Waals surface area contributed by atoms with Crippen molar-refractivity contribution in [2.45, 2.75) is 33.6 Å². The second kappa shape index (κ2) is 7.07. The van der Waals surface area contributed by atoms with Crippen LogP contribution in [-0.2, 0) is 11.2 Å². The van der Waals surface area contributed by atoms with Crippen LogP contribution >= 0.6 is 0 Å². The zero-order valence-electron chi connectivity index (χ0n) is 13.3. The van der Waals surface area contributed by atoms with E-state index >= 15 is 0 Å². The molecule has 22 heavy (non-hydrogen) atoms. The van der Waals surface area contributed by atoms with Gasteiger partial charge in [0.1, 0.15) is 5.69 Å². The summed E-state index contributed by atoms with van der Waals surface area (Å²) in [5.74, 6) is -0.651. The number of benzene rings is 1. The lowest BCUT2D eigenvalue weighted by Gasteiger charge is -2.11. The minimum absolute atomic E-state index is 0.191. The Hall–Kier alpha value is -2.36. The van der Waals surface area contributed by atoms with Crippen LogP contribution in [0, 0.1) is 0 Å². The third-order valence-corrected chi connectivity index (χ3v) is 3.45. The average Bonchev–Trinajstić information content (AvgIpc) is 2.88. The fourth-order valence-corrected chi connectivity index (χ4v) is 2.61. The van der Waals surface area contributed by atoms with E-state index in [1.165, 1.54) is 11.5 Å². The molecule has 0 amide bonds. The second-order valence-corrected chi connectivity index (χ2v) is 5.09. The van der Waals surface area contributed by atoms with Crippen LogP contribution in [0.5, 0.6) is 0 Å². The number of rotatable bonds is 5. The van der Waals surface area contributed by atoms with E-state index in [4.69, 9.17) is 4.74 Å². The van der Waals surface area contributed by atoms with E-state index in [0.29, 0.717) is 5.69 Å². The Labute approximate surface area is 130 Å². The van der Waals surface area contributed by atoms with Gasteiger partial charge in [-0.3, -0.25) is 9.36 Å². The molecule has 1 aromatic carbocycles. The molecule has 0 bridgehead atoms. The fraction of sp³-hybridized carbons (Fsp3) is 0.333. The van der Waals surface area contributed by atoms with Gasteiger partial charge in [0.15, 0.2) is 0 Å². The van der Waals surface area contributed by atoms with Crippen LogP contribution in [0.25, 0.3) is 11.3 Å². The third-order valence-electron chi connectivity index (χ3n) is 3.45. The Morgan fingerprint density at radius 1 is 1.14 bits per heavy atom. The Bertz CT molecular complexity index is 671. The summed E-state index contributed by atoms with van der Waals surface area (Å²) >= 11 is 0. The first-order valence-electron chi connectivity index (χ1n) is 7.58. The smallest absolute Gasteiger partial charge is 0.355 e. The molecule has 2 rings (SSSR count). The number of aryl methyl sites for hydroxylation is 1. The summed E-state index contributed by atoms with van der Waals surface area (Å²) in [6.07, 6.45) is 1.74. The fourth-order valence-electron chi connectivity index (χ4n) is 2.61. The highest BCUT2D eigenvalue weighted by Crippen LogP contribution is 2.29. The highest BCUT2D eigenvalue weighted by Gasteiger charge is 2.23. The number of esters is 1. The van der Waals surface area contributed by atoms with Crippen molar-refractivity contribution < 1.29 is 14.3 Å². The molecule has 1 aromatic heterocycles. The molecule has 0 aliphatic rings. The van der Waals surface area contributed by atoms with Gasteiger partial charge < -0.3 is 4.74 Å². The van der Waals surface area contributed by atoms with Gasteiger partial charge in [-0.1, -0.05) is 43.7 Å². The van der Waals surface area contributed by atoms with Crippen LogP contribution in [0.3, 0.4) is 0 Å². The van der Waals surface area contributed by atoms with Crippen molar-refractivity contribution in [3.63, 3.8) is 0 Å². The zero-order chi connectivity index (χ0) is 16.1. The molecule has 4 heteroatoms. The molecule has 0 aliphatic carbocycles. The van der Waals surface area contributed by atoms with Crippen LogP contribution < -0.4 is 0 Å². The van der Waals surface area contributed by atoms with Crippen molar-refractivity contribution in [2.24, 2.45) is 0 Å². The van der Waals surface area contributed by atoms with Crippen LogP contribution in [-0.4, -0.2) is 23.1 Å². The van der Waals surface area contributed by atoms with E-state index in [1.807, 2.05) is 30.3 Å². The molecule has 0 fully saturated rings. The number of hydrogen-bond donors (Lipinski definition) is 0. The summed E-state index contributed by atoms with van der Waals surface area (Å²) in [6, 6.07) is 11.5. The van der Waals surface area contributed by atoms with E-state index in [9.17, 15) is 9.59 Å². The highest BCUT2D eigenvalue weighted by molar-refractivity contribution is 5.97. The summed E-state index contributed by atoms with van der Waals surface area (Å²) < 4.78 is 6.56. The molecule has 0 unspecified atom stereocenters. The topological polar surface area (TPSA) is 48.3 Å². The van der Waals surface area contributed by atoms with E-state index in [0.717, 1.165) is 29.7 Å². The van der Waals surface area contributed by atoms with Crippen molar-refractivity contribution in [2.75, 3.05) is 6.61 Å². The number of nitrogens with zero attached hydrogens (tertiary/aromatic N) is 1. The first kappa shape index (κ1) is 16.0. The van der Waals surface area contributed by atoms with E-state index < -0.39 is 5.97 Å². The van der Waals surface area contributed by atoms with Crippen molar-refractivity contribution >= 4 is 11.9 Å². The molecule has 0 atom stereocenters. The van der Waals surface area contributed by atoms with Gasteiger partial charge in [0, 0.05) is 6.92 Å². The van der Waals surface area contributed by atoms with Gasteiger partial charge in [-0.05, 0) is 30.5 Å². The van der Waals surface area contributed by atoms with Crippen molar-refractivity contribution in [3.05, 3.63) is 47.7 Å². The number of ether oxygens (including phenoxy) is 1. The SMILES string of the molecule is CCCc1cc(C(=O)OCC)n(C(C)=O)c1-c1ccccc1. The Morgan fingerprint density at radius 3 is 2.36 bits per heavy atom. The maximum atomic E-state index is 12.2. The minimum atomic E-state index is -0.461. The maximum absolute atomic E-state index is 12.2. The van der Waals surface area contributed by atoms with Gasteiger partial charge in [0.2, 0.25) is 5.91 Å².